The molecule has 0 unspecified atom stereocenters. The number of carbonyl (C=O) groups is 13. The number of nitrogens with one attached hydrogen (secondary N) is 11. The van der Waals surface area contributed by atoms with Crippen LogP contribution in [0.1, 0.15) is 113 Å². The number of nitriles is 1. The number of thiophene rings is 1. The number of aromatic nitrogens is 3. The van der Waals surface area contributed by atoms with Crippen LogP contribution < -0.4 is 72.5 Å². The fourth-order valence-corrected chi connectivity index (χ4v) is 15.1. The smallest absolute Gasteiger partial charge is 0.323 e. The number of amides is 17. The number of H-pyrrole nitrogens is 2. The normalized spacial score (nSPS) is 20.0. The summed E-state index contributed by atoms with van der Waals surface area (Å²) < 4.78 is 20.7. The van der Waals surface area contributed by atoms with Gasteiger partial charge in [-0.1, -0.05) is 71.6 Å². The Kier molecular flexibility index (Phi) is 22.3. The molecule has 1 saturated carbocycles. The number of nitrogens with zero attached hydrogens (tertiary/aromatic N) is 6. The van der Waals surface area contributed by atoms with E-state index in [1.54, 1.807) is 127 Å². The third-order valence-corrected chi connectivity index (χ3v) is 21.8. The molecule has 11 heterocycles. The maximum absolute atomic E-state index is 13.0. The molecule has 12 N–H and O–H groups in total. The molecular weight excluding hydrogens is 1620 g/mol. The third kappa shape index (κ3) is 17.2. The molecular formula is C87H69N17O19S. The van der Waals surface area contributed by atoms with E-state index in [0.717, 1.165) is 35.1 Å². The van der Waals surface area contributed by atoms with Gasteiger partial charge in [0.1, 0.15) is 39.7 Å². The number of pyridine rings is 1. The molecule has 0 radical (unpaired) electrons. The zero-order chi connectivity index (χ0) is 87.5. The van der Waals surface area contributed by atoms with Crippen molar-refractivity contribution in [1.82, 2.24) is 82.4 Å². The lowest BCUT2D eigenvalue weighted by Gasteiger charge is -2.26. The van der Waals surface area contributed by atoms with Gasteiger partial charge in [-0.2, -0.15) is 5.26 Å². The Bertz CT molecular complexity index is 6500. The van der Waals surface area contributed by atoms with Crippen molar-refractivity contribution in [3.05, 3.63) is 233 Å². The minimum absolute atomic E-state index is 0.0788. The molecule has 622 valence electrons. The van der Waals surface area contributed by atoms with Gasteiger partial charge >= 0.3 is 29.8 Å². The molecule has 17 amide bonds. The van der Waals surface area contributed by atoms with E-state index < -0.39 is 69.9 Å². The van der Waals surface area contributed by atoms with Crippen LogP contribution in [-0.2, 0) is 45.4 Å². The zero-order valence-electron chi connectivity index (χ0n) is 65.9. The molecule has 18 rings (SSSR count). The first-order valence-electron chi connectivity index (χ1n) is 37.9. The van der Waals surface area contributed by atoms with Crippen molar-refractivity contribution in [2.75, 3.05) is 54.6 Å². The number of methoxy groups -OCH3 is 4. The van der Waals surface area contributed by atoms with Gasteiger partial charge in [-0.15, -0.1) is 11.3 Å². The molecule has 124 heavy (non-hydrogen) atoms. The van der Waals surface area contributed by atoms with E-state index in [2.05, 4.69) is 110 Å². The van der Waals surface area contributed by atoms with E-state index in [1.165, 1.54) is 77.8 Å². The predicted molar refractivity (Wildman–Crippen MR) is 437 cm³/mol. The van der Waals surface area contributed by atoms with Gasteiger partial charge < -0.3 is 80.2 Å². The van der Waals surface area contributed by atoms with Crippen molar-refractivity contribution in [3.63, 3.8) is 0 Å². The number of benzene rings is 6. The Morgan fingerprint density at radius 2 is 0.806 bits per heavy atom. The number of fused-ring (bicyclic) bond motifs is 5. The minimum Gasteiger partial charge on any atom is -0.506 e. The second kappa shape index (κ2) is 33.6. The Morgan fingerprint density at radius 3 is 1.16 bits per heavy atom. The van der Waals surface area contributed by atoms with E-state index in [1.807, 2.05) is 6.07 Å². The average Bonchev–Trinajstić information content (AvgIpc) is 1.63. The van der Waals surface area contributed by atoms with Crippen molar-refractivity contribution < 1.29 is 86.4 Å². The van der Waals surface area contributed by atoms with Gasteiger partial charge in [-0.05, 0) is 144 Å². The van der Waals surface area contributed by atoms with E-state index in [-0.39, 0.29) is 92.8 Å². The van der Waals surface area contributed by atoms with Crippen LogP contribution in [0.4, 0.5) is 19.2 Å². The molecule has 4 atom stereocenters. The Hall–Kier alpha value is -16.7. The number of carbonyl (C=O) groups excluding carboxylic acids is 13. The quantitative estimate of drug-likeness (QED) is 0.0549. The van der Waals surface area contributed by atoms with Gasteiger partial charge in [0.25, 0.3) is 53.2 Å². The average molecular weight is 1690 g/mol. The molecule has 1 aliphatic carbocycles. The van der Waals surface area contributed by atoms with Crippen LogP contribution in [0.25, 0.3) is 11.0 Å². The fourth-order valence-electron chi connectivity index (χ4n) is 14.4. The lowest BCUT2D eigenvalue weighted by molar-refractivity contribution is -0.123. The number of urea groups is 4. The van der Waals surface area contributed by atoms with E-state index >= 15 is 0 Å². The number of hydrogen-bond donors (Lipinski definition) is 12. The first-order valence-corrected chi connectivity index (χ1v) is 38.7. The van der Waals surface area contributed by atoms with Crippen LogP contribution in [-0.4, -0.2) is 200 Å². The highest BCUT2D eigenvalue weighted by Gasteiger charge is 2.53. The van der Waals surface area contributed by atoms with Gasteiger partial charge in [0.2, 0.25) is 22.2 Å². The molecule has 5 fully saturated rings. The van der Waals surface area contributed by atoms with Gasteiger partial charge in [0.15, 0.2) is 0 Å². The second-order valence-electron chi connectivity index (χ2n) is 29.4. The Labute approximate surface area is 707 Å². The van der Waals surface area contributed by atoms with Crippen LogP contribution >= 0.6 is 11.3 Å². The summed E-state index contributed by atoms with van der Waals surface area (Å²) in [6, 6.07) is 36.8. The molecule has 9 aromatic rings. The number of imidazole rings is 1. The predicted octanol–water partition coefficient (Wildman–Crippen LogP) is 3.22. The lowest BCUT2D eigenvalue weighted by atomic mass is 9.99. The highest BCUT2D eigenvalue weighted by molar-refractivity contribution is 7.13. The summed E-state index contributed by atoms with van der Waals surface area (Å²) in [4.78, 5) is 189. The number of rotatable bonds is 14. The monoisotopic (exact) mass is 1690 g/mol. The summed E-state index contributed by atoms with van der Waals surface area (Å²) in [7, 11) is 6.07. The van der Waals surface area contributed by atoms with Gasteiger partial charge in [-0.25, -0.2) is 24.0 Å². The van der Waals surface area contributed by atoms with Crippen molar-refractivity contribution in [2.24, 2.45) is 0 Å². The Balaban J connectivity index is 0.000000128. The zero-order valence-corrected chi connectivity index (χ0v) is 66.7. The lowest BCUT2D eigenvalue weighted by Crippen LogP contribution is -2.54. The molecule has 0 bridgehead atoms. The van der Waals surface area contributed by atoms with E-state index in [9.17, 15) is 72.2 Å². The summed E-state index contributed by atoms with van der Waals surface area (Å²) in [5, 5.41) is 40.4. The number of imide groups is 4. The van der Waals surface area contributed by atoms with Crippen LogP contribution in [0, 0.1) is 58.7 Å². The van der Waals surface area contributed by atoms with E-state index in [4.69, 9.17) is 24.2 Å². The molecule has 6 aromatic carbocycles. The maximum atomic E-state index is 13.0. The SMILES string of the molecule is COc1ccc2c(c1)C(=O)N(C[C@@]1(C#Cc3ccc4[nH]c(=O)[nH]c4c3)NC(=O)NC1=O)C2.COc1ccc2c(c1)C(=O)N(C[C@]1(C#Cc3ccc(C#N)s3)NC(=O)NC1=O)C2.COc1ccc2c(c1)C(=O)N(C[C@]1(C#Cc3ccc(C(=O)NC4CC4)cc3)NC(=O)NC1=O)C2.COc1ccc2c(c1)C(=O)N(C[C@]1(C#Cc3cncc(O)c3)NC(=O)NC1=O)C2. The van der Waals surface area contributed by atoms with Crippen molar-refractivity contribution in [2.45, 2.75) is 67.2 Å². The largest absolute Gasteiger partial charge is 0.506 e. The van der Waals surface area contributed by atoms with Crippen molar-refractivity contribution in [3.8, 4) is 82.2 Å². The number of ether oxygens (including phenoxy) is 4. The summed E-state index contributed by atoms with van der Waals surface area (Å²) in [5.74, 6) is 21.1. The molecule has 8 aliphatic heterocycles. The molecule has 9 aliphatic rings. The fraction of sp³-hybridized carbons (Fsp3) is 0.218. The van der Waals surface area contributed by atoms with Crippen molar-refractivity contribution >= 4 is 99.7 Å². The Morgan fingerprint density at radius 1 is 0.444 bits per heavy atom. The first-order chi connectivity index (χ1) is 59.6. The highest BCUT2D eigenvalue weighted by Crippen LogP contribution is 2.35. The first kappa shape index (κ1) is 82.4. The van der Waals surface area contributed by atoms with Crippen LogP contribution in [0.2, 0.25) is 0 Å². The molecule has 36 nitrogen and oxygen atoms in total. The van der Waals surface area contributed by atoms with Crippen LogP contribution in [0.5, 0.6) is 28.7 Å². The number of aromatic amines is 2. The van der Waals surface area contributed by atoms with Gasteiger partial charge in [0, 0.05) is 82.9 Å². The number of aromatic hydroxyl groups is 1. The molecule has 0 spiro atoms. The second-order valence-corrected chi connectivity index (χ2v) is 30.4. The standard InChI is InChI=1S/C25H22N4O5.C22H17N5O5.C20H16N4O5.C20H14N4O4S/c1-34-19-9-6-17-13-29(22(31)20(17)12-19)14-25(23(32)27-24(33)28-25)11-10-15-2-4-16(5-3-15)21(30)26-18-7-8-18;1-32-14-4-3-13-10-27(18(28)15(13)9-14)11-22(19(29)25-21(31)26-22)7-6-12-2-5-16-17(8-12)24-20(30)23-16;1-29-15-3-2-13-10-24(17(26)16(13)7-15)11-20(18(27)22-19(28)23-20)5-4-12-6-14(25)9-21-8-12;1-28-13-3-2-12-10-24(17(25)16(12)8-13)11-20(18(26)22-19(27)23-20)7-6-14-4-5-15(9-21)29-14/h2-6,9,12,18H,7-8,13-14H2,1H3,(H,26,30)(H2,27,28,32,33);2-5,8-9H,10-11H2,1H3,(H2,23,24,30)(H2,25,26,29,31);2-3,6-9,25H,10-11H2,1H3,(H2,22,23,27,28);2-5,8H,10-11H2,1H3,(H2,22,23,26,27)/t25-;22-;2*20-/m0100/s1. The highest BCUT2D eigenvalue weighted by atomic mass is 32.1. The van der Waals surface area contributed by atoms with Gasteiger partial charge in [0.05, 0.1) is 76.7 Å². The topological polar surface area (TPSA) is 486 Å². The summed E-state index contributed by atoms with van der Waals surface area (Å²) >= 11 is 1.18. The van der Waals surface area contributed by atoms with Gasteiger partial charge in [-0.3, -0.25) is 69.4 Å². The molecule has 3 aromatic heterocycles. The summed E-state index contributed by atoms with van der Waals surface area (Å²) in [6.07, 6.45) is 4.67. The van der Waals surface area contributed by atoms with Crippen LogP contribution in [0.3, 0.4) is 0 Å². The summed E-state index contributed by atoms with van der Waals surface area (Å²) in [6.45, 7) is 0.646. The van der Waals surface area contributed by atoms with E-state index in [0.29, 0.717) is 94.8 Å². The molecule has 37 heteroatoms. The third-order valence-electron chi connectivity index (χ3n) is 20.9. The minimum atomic E-state index is -1.62. The molecule has 4 saturated heterocycles. The number of hydrogen-bond acceptors (Lipinski definition) is 22. The van der Waals surface area contributed by atoms with Crippen LogP contribution in [0.15, 0.2) is 151 Å². The van der Waals surface area contributed by atoms with Crippen molar-refractivity contribution in [1.29, 1.82) is 5.26 Å². The maximum Gasteiger partial charge on any atom is 0.323 e. The summed E-state index contributed by atoms with van der Waals surface area (Å²) in [5.41, 5.74) is 1.58.